The molecular formula is C14H17ClFNO4. The van der Waals surface area contributed by atoms with Crippen LogP contribution in [0.1, 0.15) is 18.4 Å². The zero-order valence-electron chi connectivity index (χ0n) is 11.4. The lowest BCUT2D eigenvalue weighted by atomic mass is 9.82. The predicted octanol–water partition coefficient (Wildman–Crippen LogP) is 2.16. The number of phenols is 1. The number of ether oxygens (including phenoxy) is 1. The Morgan fingerprint density at radius 3 is 2.90 bits per heavy atom. The summed E-state index contributed by atoms with van der Waals surface area (Å²) in [6, 6.07) is 2.26. The molecule has 1 heterocycles. The van der Waals surface area contributed by atoms with Gasteiger partial charge in [-0.05, 0) is 18.9 Å². The molecule has 1 aromatic rings. The molecule has 116 valence electrons. The Morgan fingerprint density at radius 2 is 2.29 bits per heavy atom. The van der Waals surface area contributed by atoms with E-state index in [9.17, 15) is 19.4 Å². The second-order valence-corrected chi connectivity index (χ2v) is 5.65. The second kappa shape index (κ2) is 6.60. The summed E-state index contributed by atoms with van der Waals surface area (Å²) in [5.41, 5.74) is -0.545. The van der Waals surface area contributed by atoms with Gasteiger partial charge >= 0.3 is 5.97 Å². The van der Waals surface area contributed by atoms with E-state index in [0.717, 1.165) is 6.07 Å². The third kappa shape index (κ3) is 3.64. The molecule has 1 aromatic carbocycles. The largest absolute Gasteiger partial charge is 0.508 e. The number of carbonyl (C=O) groups is 1. The maximum absolute atomic E-state index is 13.1. The fourth-order valence-electron chi connectivity index (χ4n) is 2.39. The summed E-state index contributed by atoms with van der Waals surface area (Å²) in [5.74, 6) is -1.81. The second-order valence-electron chi connectivity index (χ2n) is 5.24. The first-order valence-corrected chi connectivity index (χ1v) is 7.01. The zero-order valence-corrected chi connectivity index (χ0v) is 12.1. The van der Waals surface area contributed by atoms with Crippen molar-refractivity contribution in [2.45, 2.75) is 19.4 Å². The van der Waals surface area contributed by atoms with Crippen LogP contribution < -0.4 is 5.32 Å². The minimum absolute atomic E-state index is 0.0847. The topological polar surface area (TPSA) is 78.8 Å². The van der Waals surface area contributed by atoms with Crippen LogP contribution in [0.3, 0.4) is 0 Å². The lowest BCUT2D eigenvalue weighted by Gasteiger charge is -2.33. The van der Waals surface area contributed by atoms with Gasteiger partial charge < -0.3 is 20.3 Å². The molecule has 0 amide bonds. The third-order valence-electron chi connectivity index (χ3n) is 3.68. The Bertz CT molecular complexity index is 532. The summed E-state index contributed by atoms with van der Waals surface area (Å²) < 4.78 is 18.4. The molecule has 1 fully saturated rings. The number of hydrogen-bond donors (Lipinski definition) is 3. The molecule has 2 rings (SSSR count). The quantitative estimate of drug-likeness (QED) is 0.775. The van der Waals surface area contributed by atoms with Crippen molar-refractivity contribution in [1.29, 1.82) is 0 Å². The molecule has 0 radical (unpaired) electrons. The Labute approximate surface area is 126 Å². The first kappa shape index (κ1) is 16.0. The highest BCUT2D eigenvalue weighted by Crippen LogP contribution is 2.29. The summed E-state index contributed by atoms with van der Waals surface area (Å²) in [6.45, 7) is 1.13. The van der Waals surface area contributed by atoms with Gasteiger partial charge in [-0.2, -0.15) is 0 Å². The SMILES string of the molecule is O=C(O)C1(CNCc2cc(Cl)c(F)cc2O)CCCOC1. The number of carboxylic acids is 1. The first-order valence-electron chi connectivity index (χ1n) is 6.63. The normalized spacial score (nSPS) is 22.2. The highest BCUT2D eigenvalue weighted by Gasteiger charge is 2.40. The van der Waals surface area contributed by atoms with Crippen LogP contribution in [0.5, 0.6) is 5.75 Å². The molecule has 0 spiro atoms. The predicted molar refractivity (Wildman–Crippen MR) is 74.9 cm³/mol. The van der Waals surface area contributed by atoms with Gasteiger partial charge in [0.05, 0.1) is 11.6 Å². The van der Waals surface area contributed by atoms with Crippen LogP contribution in [0.2, 0.25) is 5.02 Å². The van der Waals surface area contributed by atoms with Crippen molar-refractivity contribution in [3.05, 3.63) is 28.5 Å². The van der Waals surface area contributed by atoms with Gasteiger partial charge in [-0.15, -0.1) is 0 Å². The summed E-state index contributed by atoms with van der Waals surface area (Å²) in [7, 11) is 0. The van der Waals surface area contributed by atoms with Crippen LogP contribution in [0, 0.1) is 11.2 Å². The number of nitrogens with one attached hydrogen (secondary N) is 1. The van der Waals surface area contributed by atoms with Gasteiger partial charge in [0.1, 0.15) is 17.0 Å². The lowest BCUT2D eigenvalue weighted by Crippen LogP contribution is -2.46. The molecule has 1 aliphatic heterocycles. The Hall–Kier alpha value is -1.37. The van der Waals surface area contributed by atoms with Gasteiger partial charge in [0, 0.05) is 31.3 Å². The molecule has 3 N–H and O–H groups in total. The van der Waals surface area contributed by atoms with Crippen LogP contribution in [-0.4, -0.2) is 35.9 Å². The van der Waals surface area contributed by atoms with Gasteiger partial charge in [0.2, 0.25) is 0 Å². The van der Waals surface area contributed by atoms with E-state index in [1.165, 1.54) is 6.07 Å². The fraction of sp³-hybridized carbons (Fsp3) is 0.500. The van der Waals surface area contributed by atoms with E-state index < -0.39 is 17.2 Å². The number of halogens is 2. The first-order chi connectivity index (χ1) is 9.94. The number of rotatable bonds is 5. The van der Waals surface area contributed by atoms with E-state index in [4.69, 9.17) is 16.3 Å². The highest BCUT2D eigenvalue weighted by atomic mass is 35.5. The average Bonchev–Trinajstić information content (AvgIpc) is 2.45. The average molecular weight is 318 g/mol. The fourth-order valence-corrected chi connectivity index (χ4v) is 2.58. The molecule has 5 nitrogen and oxygen atoms in total. The van der Waals surface area contributed by atoms with Crippen LogP contribution in [0.15, 0.2) is 12.1 Å². The number of benzene rings is 1. The minimum atomic E-state index is -0.961. The van der Waals surface area contributed by atoms with Crippen LogP contribution in [-0.2, 0) is 16.1 Å². The van der Waals surface area contributed by atoms with Crippen LogP contribution in [0.4, 0.5) is 4.39 Å². The van der Waals surface area contributed by atoms with Gasteiger partial charge in [-0.3, -0.25) is 4.79 Å². The Balaban J connectivity index is 2.00. The van der Waals surface area contributed by atoms with E-state index in [-0.39, 0.29) is 30.5 Å². The zero-order chi connectivity index (χ0) is 15.5. The van der Waals surface area contributed by atoms with Crippen molar-refractivity contribution in [3.8, 4) is 5.75 Å². The maximum Gasteiger partial charge on any atom is 0.313 e. The molecule has 21 heavy (non-hydrogen) atoms. The molecule has 0 saturated carbocycles. The summed E-state index contributed by atoms with van der Waals surface area (Å²) in [6.07, 6.45) is 1.23. The van der Waals surface area contributed by atoms with Crippen molar-refractivity contribution in [1.82, 2.24) is 5.32 Å². The standard InChI is InChI=1S/C14H17ClFNO4/c15-10-4-9(12(18)5-11(10)16)6-17-7-14(13(19)20)2-1-3-21-8-14/h4-5,17-18H,1-3,6-8H2,(H,19,20). The molecule has 1 atom stereocenters. The Morgan fingerprint density at radius 1 is 1.52 bits per heavy atom. The van der Waals surface area contributed by atoms with E-state index in [2.05, 4.69) is 5.32 Å². The summed E-state index contributed by atoms with van der Waals surface area (Å²) >= 11 is 5.66. The molecule has 0 aromatic heterocycles. The molecular weight excluding hydrogens is 301 g/mol. The summed E-state index contributed by atoms with van der Waals surface area (Å²) in [5, 5.41) is 21.9. The molecule has 1 aliphatic rings. The number of aromatic hydroxyl groups is 1. The minimum Gasteiger partial charge on any atom is -0.508 e. The van der Waals surface area contributed by atoms with Crippen molar-refractivity contribution in [2.75, 3.05) is 19.8 Å². The van der Waals surface area contributed by atoms with Crippen molar-refractivity contribution in [2.24, 2.45) is 5.41 Å². The number of phenolic OH excluding ortho intramolecular Hbond substituents is 1. The van der Waals surface area contributed by atoms with Gasteiger partial charge in [-0.1, -0.05) is 11.6 Å². The van der Waals surface area contributed by atoms with Crippen molar-refractivity contribution >= 4 is 17.6 Å². The molecule has 1 saturated heterocycles. The van der Waals surface area contributed by atoms with Crippen molar-refractivity contribution < 1.29 is 24.1 Å². The monoisotopic (exact) mass is 317 g/mol. The Kier molecular flexibility index (Phi) is 5.03. The molecule has 0 aliphatic carbocycles. The van der Waals surface area contributed by atoms with Crippen molar-refractivity contribution in [3.63, 3.8) is 0 Å². The molecule has 1 unspecified atom stereocenters. The number of carboxylic acid groups (broad SMARTS) is 1. The maximum atomic E-state index is 13.1. The lowest BCUT2D eigenvalue weighted by molar-refractivity contribution is -0.156. The summed E-state index contributed by atoms with van der Waals surface area (Å²) in [4.78, 5) is 11.4. The van der Waals surface area contributed by atoms with Crippen LogP contribution in [0.25, 0.3) is 0 Å². The van der Waals surface area contributed by atoms with Gasteiger partial charge in [0.15, 0.2) is 0 Å². The smallest absolute Gasteiger partial charge is 0.313 e. The molecule has 0 bridgehead atoms. The van der Waals surface area contributed by atoms with E-state index in [1.54, 1.807) is 0 Å². The van der Waals surface area contributed by atoms with E-state index in [0.29, 0.717) is 25.0 Å². The van der Waals surface area contributed by atoms with E-state index in [1.807, 2.05) is 0 Å². The number of hydrogen-bond acceptors (Lipinski definition) is 4. The van der Waals surface area contributed by atoms with Gasteiger partial charge in [-0.25, -0.2) is 4.39 Å². The van der Waals surface area contributed by atoms with Crippen LogP contribution >= 0.6 is 11.6 Å². The third-order valence-corrected chi connectivity index (χ3v) is 3.97. The highest BCUT2D eigenvalue weighted by molar-refractivity contribution is 6.30. The van der Waals surface area contributed by atoms with Gasteiger partial charge in [0.25, 0.3) is 0 Å². The number of aliphatic carboxylic acids is 1. The van der Waals surface area contributed by atoms with E-state index >= 15 is 0 Å². The molecule has 7 heteroatoms.